The van der Waals surface area contributed by atoms with Crippen molar-refractivity contribution >= 4 is 24.8 Å². The number of halogens is 5. The molecule has 9 heteroatoms. The van der Waals surface area contributed by atoms with E-state index < -0.39 is 24.0 Å². The monoisotopic (exact) mass is 357 g/mol. The van der Waals surface area contributed by atoms with Crippen LogP contribution in [0.3, 0.4) is 0 Å². The second kappa shape index (κ2) is 9.06. The standard InChI is InChI=1S/C13H14F3N3O.2ClH/c14-9-2-1-8(7-17)10(12(9)20)11(13(15)16)19-5-3-18-4-6-19;;/h1-2,11,13,18,20H,3-6H2;2*1H/t11-;;/m1../s1. The number of alkyl halides is 2. The highest BCUT2D eigenvalue weighted by Gasteiger charge is 2.35. The maximum atomic E-state index is 13.5. The average Bonchev–Trinajstić information content (AvgIpc) is 2.45. The number of aromatic hydroxyl groups is 1. The van der Waals surface area contributed by atoms with Gasteiger partial charge in [0.1, 0.15) is 6.04 Å². The number of phenols is 1. The lowest BCUT2D eigenvalue weighted by atomic mass is 9.97. The van der Waals surface area contributed by atoms with Gasteiger partial charge in [-0.3, -0.25) is 4.90 Å². The molecule has 1 aliphatic rings. The highest BCUT2D eigenvalue weighted by molar-refractivity contribution is 5.85. The lowest BCUT2D eigenvalue weighted by Crippen LogP contribution is -2.47. The third kappa shape index (κ3) is 4.17. The van der Waals surface area contributed by atoms with E-state index in [9.17, 15) is 18.3 Å². The summed E-state index contributed by atoms with van der Waals surface area (Å²) in [5, 5.41) is 21.8. The van der Waals surface area contributed by atoms with Gasteiger partial charge in [-0.25, -0.2) is 13.2 Å². The summed E-state index contributed by atoms with van der Waals surface area (Å²) in [5.74, 6) is -1.87. The van der Waals surface area contributed by atoms with Crippen LogP contribution in [0.4, 0.5) is 13.2 Å². The van der Waals surface area contributed by atoms with Gasteiger partial charge in [0, 0.05) is 31.7 Å². The molecule has 0 spiro atoms. The predicted octanol–water partition coefficient (Wildman–Crippen LogP) is 2.46. The van der Waals surface area contributed by atoms with E-state index in [1.54, 1.807) is 6.07 Å². The number of hydrogen-bond donors (Lipinski definition) is 2. The number of hydrogen-bond acceptors (Lipinski definition) is 4. The molecule has 0 amide bonds. The minimum Gasteiger partial charge on any atom is -0.505 e. The summed E-state index contributed by atoms with van der Waals surface area (Å²) in [6.45, 7) is 1.74. The predicted molar refractivity (Wildman–Crippen MR) is 80.5 cm³/mol. The van der Waals surface area contributed by atoms with E-state index in [1.165, 1.54) is 4.90 Å². The second-order valence-corrected chi connectivity index (χ2v) is 4.53. The Kier molecular flexibility index (Phi) is 8.56. The van der Waals surface area contributed by atoms with Crippen LogP contribution in [0.1, 0.15) is 17.2 Å². The van der Waals surface area contributed by atoms with Crippen molar-refractivity contribution in [3.8, 4) is 11.8 Å². The van der Waals surface area contributed by atoms with Gasteiger partial charge < -0.3 is 10.4 Å². The van der Waals surface area contributed by atoms with Crippen molar-refractivity contribution < 1.29 is 18.3 Å². The highest BCUT2D eigenvalue weighted by Crippen LogP contribution is 2.37. The number of nitrogens with one attached hydrogen (secondary N) is 1. The first-order valence-corrected chi connectivity index (χ1v) is 6.20. The number of phenolic OH excluding ortho intramolecular Hbond substituents is 1. The van der Waals surface area contributed by atoms with Crippen LogP contribution in [-0.2, 0) is 0 Å². The van der Waals surface area contributed by atoms with Gasteiger partial charge in [-0.2, -0.15) is 5.26 Å². The van der Waals surface area contributed by atoms with Crippen LogP contribution in [0.15, 0.2) is 12.1 Å². The topological polar surface area (TPSA) is 59.3 Å². The minimum atomic E-state index is -2.83. The molecule has 1 fully saturated rings. The molecule has 0 aromatic heterocycles. The molecule has 0 saturated carbocycles. The number of nitrogens with zero attached hydrogens (tertiary/aromatic N) is 2. The van der Waals surface area contributed by atoms with E-state index in [-0.39, 0.29) is 35.9 Å². The maximum Gasteiger partial charge on any atom is 0.258 e. The molecule has 4 nitrogen and oxygen atoms in total. The molecule has 124 valence electrons. The molecule has 1 aromatic rings. The Balaban J connectivity index is 0.00000220. The van der Waals surface area contributed by atoms with Crippen LogP contribution in [0.25, 0.3) is 0 Å². The zero-order valence-corrected chi connectivity index (χ0v) is 13.1. The Morgan fingerprint density at radius 1 is 1.23 bits per heavy atom. The number of benzene rings is 1. The smallest absolute Gasteiger partial charge is 0.258 e. The van der Waals surface area contributed by atoms with Crippen molar-refractivity contribution in [2.75, 3.05) is 26.2 Å². The molecule has 1 atom stereocenters. The molecule has 2 rings (SSSR count). The van der Waals surface area contributed by atoms with Gasteiger partial charge >= 0.3 is 0 Å². The van der Waals surface area contributed by atoms with Crippen LogP contribution >= 0.6 is 24.8 Å². The third-order valence-electron chi connectivity index (χ3n) is 3.37. The Morgan fingerprint density at radius 3 is 2.32 bits per heavy atom. The largest absolute Gasteiger partial charge is 0.505 e. The second-order valence-electron chi connectivity index (χ2n) is 4.53. The SMILES string of the molecule is Cl.Cl.N#Cc1ccc(F)c(O)c1[C@H](C(F)F)N1CCNCC1. The summed E-state index contributed by atoms with van der Waals surface area (Å²) in [7, 11) is 0. The average molecular weight is 358 g/mol. The molecule has 1 saturated heterocycles. The van der Waals surface area contributed by atoms with Crippen molar-refractivity contribution in [1.29, 1.82) is 5.26 Å². The van der Waals surface area contributed by atoms with Crippen LogP contribution in [0, 0.1) is 17.1 Å². The van der Waals surface area contributed by atoms with Gasteiger partial charge in [-0.15, -0.1) is 24.8 Å². The van der Waals surface area contributed by atoms with Crippen molar-refractivity contribution in [1.82, 2.24) is 10.2 Å². The normalized spacial score (nSPS) is 16.3. The lowest BCUT2D eigenvalue weighted by Gasteiger charge is -2.35. The molecular weight excluding hydrogens is 342 g/mol. The zero-order valence-electron chi connectivity index (χ0n) is 11.4. The first-order valence-electron chi connectivity index (χ1n) is 6.20. The summed E-state index contributed by atoms with van der Waals surface area (Å²) in [6.07, 6.45) is -2.83. The van der Waals surface area contributed by atoms with Crippen molar-refractivity contribution in [2.24, 2.45) is 0 Å². The van der Waals surface area contributed by atoms with E-state index in [0.717, 1.165) is 12.1 Å². The molecule has 0 radical (unpaired) electrons. The minimum absolute atomic E-state index is 0. The Bertz CT molecular complexity index is 534. The van der Waals surface area contributed by atoms with E-state index in [1.807, 2.05) is 0 Å². The number of nitriles is 1. The van der Waals surface area contributed by atoms with Gasteiger partial charge in [-0.1, -0.05) is 0 Å². The Labute approximate surface area is 138 Å². The van der Waals surface area contributed by atoms with Crippen molar-refractivity contribution in [2.45, 2.75) is 12.5 Å². The van der Waals surface area contributed by atoms with Gasteiger partial charge in [0.2, 0.25) is 0 Å². The fourth-order valence-corrected chi connectivity index (χ4v) is 2.41. The number of rotatable bonds is 3. The van der Waals surface area contributed by atoms with E-state index >= 15 is 0 Å². The zero-order chi connectivity index (χ0) is 14.7. The van der Waals surface area contributed by atoms with Crippen LogP contribution < -0.4 is 5.32 Å². The molecule has 2 N–H and O–H groups in total. The Hall–Kier alpha value is -1.20. The van der Waals surface area contributed by atoms with Gasteiger partial charge in [0.15, 0.2) is 11.6 Å². The quantitative estimate of drug-likeness (QED) is 0.872. The molecule has 1 heterocycles. The lowest BCUT2D eigenvalue weighted by molar-refractivity contribution is 0.0166. The van der Waals surface area contributed by atoms with Gasteiger partial charge in [0.25, 0.3) is 6.43 Å². The van der Waals surface area contributed by atoms with Crippen LogP contribution in [-0.4, -0.2) is 42.6 Å². The fraction of sp³-hybridized carbons (Fsp3) is 0.462. The molecule has 1 aromatic carbocycles. The van der Waals surface area contributed by atoms with Gasteiger partial charge in [-0.05, 0) is 12.1 Å². The van der Waals surface area contributed by atoms with Gasteiger partial charge in [0.05, 0.1) is 11.6 Å². The number of piperazine rings is 1. The van der Waals surface area contributed by atoms with E-state index in [2.05, 4.69) is 5.32 Å². The summed E-state index contributed by atoms with van der Waals surface area (Å²) < 4.78 is 40.2. The molecule has 0 bridgehead atoms. The summed E-state index contributed by atoms with van der Waals surface area (Å²) in [4.78, 5) is 1.45. The third-order valence-corrected chi connectivity index (χ3v) is 3.37. The first-order chi connectivity index (χ1) is 9.56. The van der Waals surface area contributed by atoms with E-state index in [4.69, 9.17) is 5.26 Å². The summed E-state index contributed by atoms with van der Waals surface area (Å²) in [6, 6.07) is 2.27. The summed E-state index contributed by atoms with van der Waals surface area (Å²) >= 11 is 0. The fourth-order valence-electron chi connectivity index (χ4n) is 2.41. The van der Waals surface area contributed by atoms with Crippen molar-refractivity contribution in [3.63, 3.8) is 0 Å². The first kappa shape index (κ1) is 20.8. The molecule has 0 aliphatic carbocycles. The highest BCUT2D eigenvalue weighted by atomic mass is 35.5. The van der Waals surface area contributed by atoms with E-state index in [0.29, 0.717) is 26.2 Å². The molecule has 22 heavy (non-hydrogen) atoms. The van der Waals surface area contributed by atoms with Crippen molar-refractivity contribution in [3.05, 3.63) is 29.1 Å². The molecular formula is C13H16Cl2F3N3O. The van der Waals surface area contributed by atoms with Crippen LogP contribution in [0.2, 0.25) is 0 Å². The molecule has 0 unspecified atom stereocenters. The van der Waals surface area contributed by atoms with Crippen LogP contribution in [0.5, 0.6) is 5.75 Å². The molecule has 1 aliphatic heterocycles. The summed E-state index contributed by atoms with van der Waals surface area (Å²) in [5.41, 5.74) is -0.461. The Morgan fingerprint density at radius 2 is 1.82 bits per heavy atom. The maximum absolute atomic E-state index is 13.5.